The van der Waals surface area contributed by atoms with Crippen molar-refractivity contribution in [2.75, 3.05) is 0 Å². The highest BCUT2D eigenvalue weighted by atomic mass is 14.5. The zero-order valence-electron chi connectivity index (χ0n) is 4.02. The van der Waals surface area contributed by atoms with E-state index in [0.717, 1.165) is 6.21 Å². The van der Waals surface area contributed by atoms with Crippen LogP contribution < -0.4 is 5.73 Å². The van der Waals surface area contributed by atoms with Gasteiger partial charge >= 0.3 is 0 Å². The van der Waals surface area contributed by atoms with Crippen molar-refractivity contribution in [3.8, 4) is 0 Å². The van der Waals surface area contributed by atoms with Crippen LogP contribution in [0.25, 0.3) is 0 Å². The van der Waals surface area contributed by atoms with Gasteiger partial charge in [-0.25, -0.2) is 0 Å². The van der Waals surface area contributed by atoms with Crippen LogP contribution in [0.15, 0.2) is 24.4 Å². The summed E-state index contributed by atoms with van der Waals surface area (Å²) in [6.45, 7) is 3.38. The molecular weight excluding hydrogens is 88.1 g/mol. The number of hydrogen-bond acceptors (Lipinski definition) is 2. The fraction of sp³-hybridized carbons (Fsp3) is 0. The third-order valence-corrected chi connectivity index (χ3v) is 0.511. The van der Waals surface area contributed by atoms with E-state index in [1.807, 2.05) is 0 Å². The van der Waals surface area contributed by atoms with Crippen molar-refractivity contribution in [1.29, 1.82) is 5.41 Å². The molecule has 0 aliphatic carbocycles. The Labute approximate surface area is 42.8 Å². The fourth-order valence-electron chi connectivity index (χ4n) is 0.164. The molecule has 0 aromatic heterocycles. The summed E-state index contributed by atoms with van der Waals surface area (Å²) in [6.07, 6.45) is 4.08. The van der Waals surface area contributed by atoms with Gasteiger partial charge in [0, 0.05) is 11.9 Å². The molecule has 3 N–H and O–H groups in total. The maximum absolute atomic E-state index is 6.51. The van der Waals surface area contributed by atoms with Crippen LogP contribution in [0, 0.1) is 5.41 Å². The molecule has 2 nitrogen and oxygen atoms in total. The van der Waals surface area contributed by atoms with Crippen LogP contribution in [0.2, 0.25) is 0 Å². The average Bonchev–Trinajstić information content (AvgIpc) is 1.68. The minimum atomic E-state index is 0.523. The fourth-order valence-corrected chi connectivity index (χ4v) is 0.164. The molecule has 0 rings (SSSR count). The van der Waals surface area contributed by atoms with Crippen LogP contribution in [-0.2, 0) is 0 Å². The van der Waals surface area contributed by atoms with E-state index in [9.17, 15) is 0 Å². The first-order valence-corrected chi connectivity index (χ1v) is 1.90. The van der Waals surface area contributed by atoms with Crippen molar-refractivity contribution >= 4 is 6.21 Å². The topological polar surface area (TPSA) is 49.9 Å². The Balaban J connectivity index is 3.72. The van der Waals surface area contributed by atoms with Gasteiger partial charge in [-0.3, -0.25) is 0 Å². The van der Waals surface area contributed by atoms with Crippen molar-refractivity contribution < 1.29 is 0 Å². The lowest BCUT2D eigenvalue weighted by Gasteiger charge is -1.81. The van der Waals surface area contributed by atoms with Gasteiger partial charge in [-0.2, -0.15) is 0 Å². The molecule has 0 aromatic rings. The minimum Gasteiger partial charge on any atom is -0.399 e. The van der Waals surface area contributed by atoms with Crippen molar-refractivity contribution in [1.82, 2.24) is 0 Å². The molecular formula is C5H8N2. The van der Waals surface area contributed by atoms with Gasteiger partial charge in [0.05, 0.1) is 0 Å². The molecule has 0 amide bonds. The maximum Gasteiger partial charge on any atom is 0.0323 e. The molecule has 0 aliphatic rings. The van der Waals surface area contributed by atoms with Crippen LogP contribution in [0.1, 0.15) is 0 Å². The summed E-state index contributed by atoms with van der Waals surface area (Å²) in [7, 11) is 0. The molecule has 0 fully saturated rings. The Morgan fingerprint density at radius 1 is 1.71 bits per heavy atom. The first-order valence-electron chi connectivity index (χ1n) is 1.90. The Morgan fingerprint density at radius 2 is 2.29 bits per heavy atom. The van der Waals surface area contributed by atoms with E-state index in [0.29, 0.717) is 5.70 Å². The second-order valence-electron chi connectivity index (χ2n) is 1.04. The van der Waals surface area contributed by atoms with Crippen molar-refractivity contribution in [2.24, 2.45) is 5.73 Å². The predicted molar refractivity (Wildman–Crippen MR) is 31.3 cm³/mol. The summed E-state index contributed by atoms with van der Waals surface area (Å²) in [5.74, 6) is 0. The smallest absolute Gasteiger partial charge is 0.0323 e. The average molecular weight is 96.1 g/mol. The quantitative estimate of drug-likeness (QED) is 0.385. The lowest BCUT2D eigenvalue weighted by atomic mass is 10.4. The lowest BCUT2D eigenvalue weighted by molar-refractivity contribution is 1.44. The molecule has 0 radical (unpaired) electrons. The zero-order valence-corrected chi connectivity index (χ0v) is 4.02. The van der Waals surface area contributed by atoms with Gasteiger partial charge in [0.25, 0.3) is 0 Å². The maximum atomic E-state index is 6.51. The van der Waals surface area contributed by atoms with E-state index in [1.54, 1.807) is 0 Å². The summed E-state index contributed by atoms with van der Waals surface area (Å²) in [6, 6.07) is 0. The molecule has 0 heterocycles. The summed E-state index contributed by atoms with van der Waals surface area (Å²) in [4.78, 5) is 0. The number of rotatable bonds is 2. The SMILES string of the molecule is C=C/C(N)=C/C=N. The molecule has 0 spiro atoms. The third kappa shape index (κ3) is 2.76. The highest BCUT2D eigenvalue weighted by Crippen LogP contribution is 1.77. The molecule has 7 heavy (non-hydrogen) atoms. The lowest BCUT2D eigenvalue weighted by Crippen LogP contribution is -1.90. The molecule has 0 bridgehead atoms. The van der Waals surface area contributed by atoms with Crippen molar-refractivity contribution in [3.05, 3.63) is 24.4 Å². The Hall–Kier alpha value is -1.05. The first-order chi connectivity index (χ1) is 3.31. The normalized spacial score (nSPS) is 10.6. The molecule has 38 valence electrons. The first kappa shape index (κ1) is 5.95. The molecule has 2 heteroatoms. The van der Waals surface area contributed by atoms with Crippen LogP contribution in [-0.4, -0.2) is 6.21 Å². The monoisotopic (exact) mass is 96.1 g/mol. The molecule has 0 aromatic carbocycles. The summed E-state index contributed by atoms with van der Waals surface area (Å²) in [5.41, 5.74) is 5.70. The summed E-state index contributed by atoms with van der Waals surface area (Å²) >= 11 is 0. The molecule has 0 atom stereocenters. The van der Waals surface area contributed by atoms with Gasteiger partial charge < -0.3 is 11.1 Å². The van der Waals surface area contributed by atoms with E-state index < -0.39 is 0 Å². The van der Waals surface area contributed by atoms with Crippen LogP contribution in [0.4, 0.5) is 0 Å². The number of allylic oxidation sites excluding steroid dienone is 2. The number of hydrogen-bond donors (Lipinski definition) is 2. The predicted octanol–water partition coefficient (Wildman–Crippen LogP) is 0.665. The third-order valence-electron chi connectivity index (χ3n) is 0.511. The molecule has 0 unspecified atom stereocenters. The minimum absolute atomic E-state index is 0.523. The van der Waals surface area contributed by atoms with E-state index in [-0.39, 0.29) is 0 Å². The van der Waals surface area contributed by atoms with Crippen LogP contribution in [0.3, 0.4) is 0 Å². The van der Waals surface area contributed by atoms with Gasteiger partial charge in [-0.05, 0) is 12.2 Å². The summed E-state index contributed by atoms with van der Waals surface area (Å²) < 4.78 is 0. The molecule has 0 saturated carbocycles. The highest BCUT2D eigenvalue weighted by molar-refractivity contribution is 5.69. The highest BCUT2D eigenvalue weighted by Gasteiger charge is 1.69. The second-order valence-corrected chi connectivity index (χ2v) is 1.04. The van der Waals surface area contributed by atoms with Gasteiger partial charge in [-0.1, -0.05) is 6.58 Å². The molecule has 0 aliphatic heterocycles. The van der Waals surface area contributed by atoms with Crippen molar-refractivity contribution in [2.45, 2.75) is 0 Å². The van der Waals surface area contributed by atoms with E-state index >= 15 is 0 Å². The second kappa shape index (κ2) is 3.15. The Morgan fingerprint density at radius 3 is 2.43 bits per heavy atom. The van der Waals surface area contributed by atoms with Crippen LogP contribution in [0.5, 0.6) is 0 Å². The number of nitrogens with one attached hydrogen (secondary N) is 1. The standard InChI is InChI=1S/C5H8N2/c1-2-5(7)3-4-6/h2-4,6H,1,7H2/b5-3-,6-4?. The molecule has 0 saturated heterocycles. The van der Waals surface area contributed by atoms with Crippen LogP contribution >= 0.6 is 0 Å². The summed E-state index contributed by atoms with van der Waals surface area (Å²) in [5, 5.41) is 6.51. The Kier molecular flexibility index (Phi) is 2.68. The zero-order chi connectivity index (χ0) is 5.70. The van der Waals surface area contributed by atoms with E-state index in [4.69, 9.17) is 11.1 Å². The van der Waals surface area contributed by atoms with Crippen molar-refractivity contribution in [3.63, 3.8) is 0 Å². The van der Waals surface area contributed by atoms with Gasteiger partial charge in [-0.15, -0.1) is 0 Å². The van der Waals surface area contributed by atoms with Gasteiger partial charge in [0.15, 0.2) is 0 Å². The van der Waals surface area contributed by atoms with Gasteiger partial charge in [0.1, 0.15) is 0 Å². The Bertz CT molecular complexity index is 103. The number of nitrogens with two attached hydrogens (primary N) is 1. The van der Waals surface area contributed by atoms with Gasteiger partial charge in [0.2, 0.25) is 0 Å². The van der Waals surface area contributed by atoms with E-state index in [2.05, 4.69) is 6.58 Å². The largest absolute Gasteiger partial charge is 0.399 e. The van der Waals surface area contributed by atoms with E-state index in [1.165, 1.54) is 12.2 Å².